The summed E-state index contributed by atoms with van der Waals surface area (Å²) in [7, 11) is 0. The maximum Gasteiger partial charge on any atom is 0.0281 e. The molecule has 0 nitrogen and oxygen atoms in total. The molecule has 0 heteroatoms. The van der Waals surface area contributed by atoms with Gasteiger partial charge >= 0.3 is 0 Å². The Kier molecular flexibility index (Phi) is 5.83. The fourth-order valence-corrected chi connectivity index (χ4v) is 6.08. The second-order valence-electron chi connectivity index (χ2n) is 10.5. The predicted molar refractivity (Wildman–Crippen MR) is 145 cm³/mol. The summed E-state index contributed by atoms with van der Waals surface area (Å²) >= 11 is 0. The first-order valence-electron chi connectivity index (χ1n) is 13.1. The minimum atomic E-state index is 0.404. The lowest BCUT2D eigenvalue weighted by Crippen LogP contribution is -2.10. The summed E-state index contributed by atoms with van der Waals surface area (Å²) in [6.45, 7) is 2.23. The molecular weight excluding hydrogens is 408 g/mol. The van der Waals surface area contributed by atoms with Gasteiger partial charge in [-0.2, -0.15) is 0 Å². The molecule has 0 fully saturated rings. The summed E-state index contributed by atoms with van der Waals surface area (Å²) in [6.07, 6.45) is 26.0. The normalized spacial score (nSPS) is 20.4. The van der Waals surface area contributed by atoms with E-state index >= 15 is 0 Å². The third kappa shape index (κ3) is 4.34. The summed E-state index contributed by atoms with van der Waals surface area (Å²) in [5.74, 6) is 0.404. The highest BCUT2D eigenvalue weighted by Gasteiger charge is 2.26. The van der Waals surface area contributed by atoms with Crippen LogP contribution in [0.4, 0.5) is 0 Å². The van der Waals surface area contributed by atoms with E-state index in [0.717, 1.165) is 19.3 Å². The fraction of sp³-hybridized carbons (Fsp3) is 0.294. The fourth-order valence-electron chi connectivity index (χ4n) is 6.08. The third-order valence-electron chi connectivity index (χ3n) is 7.98. The number of fused-ring (bicyclic) bond motifs is 2. The van der Waals surface area contributed by atoms with Gasteiger partial charge in [-0.25, -0.2) is 0 Å². The van der Waals surface area contributed by atoms with Crippen LogP contribution in [0.1, 0.15) is 60.4 Å². The van der Waals surface area contributed by atoms with E-state index < -0.39 is 0 Å². The number of hydrogen-bond acceptors (Lipinski definition) is 0. The molecule has 1 atom stereocenters. The van der Waals surface area contributed by atoms with Crippen LogP contribution in [0.3, 0.4) is 0 Å². The second kappa shape index (κ2) is 9.26. The predicted octanol–water partition coefficient (Wildman–Crippen LogP) is 8.45. The molecule has 34 heavy (non-hydrogen) atoms. The van der Waals surface area contributed by atoms with E-state index in [4.69, 9.17) is 0 Å². The zero-order valence-electron chi connectivity index (χ0n) is 20.3. The van der Waals surface area contributed by atoms with Crippen LogP contribution >= 0.6 is 0 Å². The number of hydrogen-bond donors (Lipinski definition) is 0. The lowest BCUT2D eigenvalue weighted by Gasteiger charge is -2.25. The average molecular weight is 443 g/mol. The van der Waals surface area contributed by atoms with Gasteiger partial charge in [-0.15, -0.1) is 0 Å². The maximum absolute atomic E-state index is 2.45. The zero-order chi connectivity index (χ0) is 22.9. The molecule has 0 amide bonds. The van der Waals surface area contributed by atoms with Gasteiger partial charge in [0.2, 0.25) is 0 Å². The zero-order valence-corrected chi connectivity index (χ0v) is 20.3. The highest BCUT2D eigenvalue weighted by Crippen LogP contribution is 2.42. The molecule has 0 spiro atoms. The van der Waals surface area contributed by atoms with Crippen molar-refractivity contribution in [2.75, 3.05) is 0 Å². The lowest BCUT2D eigenvalue weighted by atomic mass is 9.79. The van der Waals surface area contributed by atoms with Crippen LogP contribution < -0.4 is 0 Å². The maximum atomic E-state index is 2.45. The van der Waals surface area contributed by atoms with Gasteiger partial charge in [-0.3, -0.25) is 0 Å². The van der Waals surface area contributed by atoms with E-state index in [9.17, 15) is 0 Å². The van der Waals surface area contributed by atoms with Gasteiger partial charge in [-0.1, -0.05) is 96.1 Å². The van der Waals surface area contributed by atoms with Crippen molar-refractivity contribution in [3.8, 4) is 0 Å². The quantitative estimate of drug-likeness (QED) is 0.403. The SMILES string of the molecule is CC1=CC(CCCc2ccc(CC3=CC=C(c4ccc5c(c4)CCC5)C4C=CC=C34)cc2)=CC1. The Balaban J connectivity index is 1.13. The third-order valence-corrected chi connectivity index (χ3v) is 7.98. The van der Waals surface area contributed by atoms with Crippen molar-refractivity contribution in [2.24, 2.45) is 5.92 Å². The van der Waals surface area contributed by atoms with Crippen LogP contribution in [0.25, 0.3) is 5.57 Å². The van der Waals surface area contributed by atoms with Crippen LogP contribution in [0.2, 0.25) is 0 Å². The smallest absolute Gasteiger partial charge is 0.0281 e. The first-order valence-corrected chi connectivity index (χ1v) is 13.1. The van der Waals surface area contributed by atoms with Crippen LogP contribution in [0.15, 0.2) is 107 Å². The van der Waals surface area contributed by atoms with Crippen molar-refractivity contribution in [3.05, 3.63) is 135 Å². The second-order valence-corrected chi connectivity index (χ2v) is 10.5. The van der Waals surface area contributed by atoms with Crippen molar-refractivity contribution >= 4 is 5.57 Å². The molecule has 0 saturated heterocycles. The van der Waals surface area contributed by atoms with Crippen LogP contribution in [-0.2, 0) is 25.7 Å². The Morgan fingerprint density at radius 3 is 2.53 bits per heavy atom. The summed E-state index contributed by atoms with van der Waals surface area (Å²) in [5, 5.41) is 0. The van der Waals surface area contributed by atoms with E-state index in [0.29, 0.717) is 5.92 Å². The van der Waals surface area contributed by atoms with Crippen molar-refractivity contribution in [1.82, 2.24) is 0 Å². The van der Waals surface area contributed by atoms with Crippen LogP contribution in [0, 0.1) is 5.92 Å². The first kappa shape index (κ1) is 21.4. The summed E-state index contributed by atoms with van der Waals surface area (Å²) in [6, 6.07) is 16.5. The Morgan fingerprint density at radius 1 is 0.824 bits per heavy atom. The van der Waals surface area contributed by atoms with E-state index in [-0.39, 0.29) is 0 Å². The van der Waals surface area contributed by atoms with Gasteiger partial charge in [-0.05, 0) is 103 Å². The van der Waals surface area contributed by atoms with Gasteiger partial charge < -0.3 is 0 Å². The largest absolute Gasteiger partial charge is 0.0773 e. The molecule has 0 bridgehead atoms. The summed E-state index contributed by atoms with van der Waals surface area (Å²) < 4.78 is 0. The minimum absolute atomic E-state index is 0.404. The van der Waals surface area contributed by atoms with E-state index in [2.05, 4.69) is 91.9 Å². The molecule has 170 valence electrons. The lowest BCUT2D eigenvalue weighted by molar-refractivity contribution is 0.823. The number of allylic oxidation sites excluding steroid dienone is 12. The van der Waals surface area contributed by atoms with Crippen molar-refractivity contribution < 1.29 is 0 Å². The Hall–Kier alpha value is -3.12. The van der Waals surface area contributed by atoms with Gasteiger partial charge in [0.05, 0.1) is 0 Å². The molecule has 6 rings (SSSR count). The molecule has 4 aliphatic carbocycles. The molecule has 2 aromatic carbocycles. The highest BCUT2D eigenvalue weighted by molar-refractivity contribution is 5.79. The summed E-state index contributed by atoms with van der Waals surface area (Å²) in [4.78, 5) is 0. The summed E-state index contributed by atoms with van der Waals surface area (Å²) in [5.41, 5.74) is 14.8. The Morgan fingerprint density at radius 2 is 1.68 bits per heavy atom. The average Bonchev–Trinajstić information content (AvgIpc) is 3.61. The van der Waals surface area contributed by atoms with E-state index in [1.165, 1.54) is 76.7 Å². The Bertz CT molecular complexity index is 1280. The van der Waals surface area contributed by atoms with Crippen molar-refractivity contribution in [3.63, 3.8) is 0 Å². The number of aryl methyl sites for hydroxylation is 3. The van der Waals surface area contributed by atoms with Gasteiger partial charge in [0, 0.05) is 5.92 Å². The van der Waals surface area contributed by atoms with Crippen LogP contribution in [-0.4, -0.2) is 0 Å². The number of benzene rings is 2. The molecule has 4 aliphatic rings. The minimum Gasteiger partial charge on any atom is -0.0773 e. The topological polar surface area (TPSA) is 0 Å². The molecule has 0 aromatic heterocycles. The molecule has 1 unspecified atom stereocenters. The molecule has 0 aliphatic heterocycles. The first-order chi connectivity index (χ1) is 16.7. The van der Waals surface area contributed by atoms with Crippen molar-refractivity contribution in [2.45, 2.75) is 58.3 Å². The van der Waals surface area contributed by atoms with E-state index in [1.807, 2.05) is 0 Å². The van der Waals surface area contributed by atoms with Gasteiger partial charge in [0.1, 0.15) is 0 Å². The molecule has 0 heterocycles. The van der Waals surface area contributed by atoms with Gasteiger partial charge in [0.25, 0.3) is 0 Å². The molecule has 0 N–H and O–H groups in total. The van der Waals surface area contributed by atoms with Crippen LogP contribution in [0.5, 0.6) is 0 Å². The molecule has 0 radical (unpaired) electrons. The standard InChI is InChI=1S/C34H34/c1-24-11-12-26(21-24)6-2-5-25-13-15-27(16-14-25)22-30-19-20-33(34-10-4-9-32(30)34)31-18-17-28-7-3-8-29(28)23-31/h4,9-10,12-21,23,34H,2-3,5-8,11,22H2,1H3. The van der Waals surface area contributed by atoms with Crippen molar-refractivity contribution in [1.29, 1.82) is 0 Å². The molecule has 2 aromatic rings. The monoisotopic (exact) mass is 442 g/mol. The molecular formula is C34H34. The van der Waals surface area contributed by atoms with Gasteiger partial charge in [0.15, 0.2) is 0 Å². The number of rotatable bonds is 7. The Labute approximate surface area is 204 Å². The molecule has 0 saturated carbocycles. The highest BCUT2D eigenvalue weighted by atomic mass is 14.3. The van der Waals surface area contributed by atoms with E-state index in [1.54, 1.807) is 11.1 Å².